The van der Waals surface area contributed by atoms with Crippen molar-refractivity contribution < 1.29 is 18.8 Å². The summed E-state index contributed by atoms with van der Waals surface area (Å²) in [5.41, 5.74) is 1.72. The van der Waals surface area contributed by atoms with Gasteiger partial charge in [-0.05, 0) is 56.7 Å². The minimum Gasteiger partial charge on any atom is -0.368 e. The molecule has 0 aromatic heterocycles. The Kier molecular flexibility index (Phi) is 9.05. The van der Waals surface area contributed by atoms with Gasteiger partial charge in [0.2, 0.25) is 5.91 Å². The Bertz CT molecular complexity index is 1020. The lowest BCUT2D eigenvalue weighted by molar-refractivity contribution is -0.116. The molecule has 1 fully saturated rings. The average Bonchev–Trinajstić information content (AvgIpc) is 2.84. The number of piperazine rings is 1. The van der Waals surface area contributed by atoms with Crippen molar-refractivity contribution >= 4 is 29.2 Å². The predicted molar refractivity (Wildman–Crippen MR) is 135 cm³/mol. The topological polar surface area (TPSA) is 85.0 Å². The molecule has 3 rings (SSSR count). The summed E-state index contributed by atoms with van der Waals surface area (Å²) in [6, 6.07) is 13.3. The molecule has 0 bridgehead atoms. The molecule has 0 atom stereocenters. The van der Waals surface area contributed by atoms with Crippen LogP contribution in [-0.4, -0.2) is 73.0 Å². The van der Waals surface area contributed by atoms with E-state index >= 15 is 0 Å². The van der Waals surface area contributed by atoms with Crippen molar-refractivity contribution in [3.8, 4) is 0 Å². The third kappa shape index (κ3) is 7.18. The Hall–Kier alpha value is -3.62. The highest BCUT2D eigenvalue weighted by Gasteiger charge is 2.24. The lowest BCUT2D eigenvalue weighted by Crippen LogP contribution is -2.49. The third-order valence-corrected chi connectivity index (χ3v) is 5.71. The van der Waals surface area contributed by atoms with Gasteiger partial charge in [0.15, 0.2) is 0 Å². The normalized spacial score (nSPS) is 13.5. The number of nitrogens with zero attached hydrogens (tertiary/aromatic N) is 3. The summed E-state index contributed by atoms with van der Waals surface area (Å²) in [7, 11) is 0. The lowest BCUT2D eigenvalue weighted by Gasteiger charge is -2.36. The maximum Gasteiger partial charge on any atom is 0.318 e. The van der Waals surface area contributed by atoms with Gasteiger partial charge in [0, 0.05) is 50.1 Å². The molecule has 35 heavy (non-hydrogen) atoms. The molecular formula is C26H34FN5O3. The van der Waals surface area contributed by atoms with Crippen molar-refractivity contribution in [2.75, 3.05) is 49.5 Å². The summed E-state index contributed by atoms with van der Waals surface area (Å²) in [5, 5.41) is 5.67. The molecule has 1 aliphatic rings. The van der Waals surface area contributed by atoms with Gasteiger partial charge in [-0.15, -0.1) is 0 Å². The van der Waals surface area contributed by atoms with E-state index in [1.165, 1.54) is 17.0 Å². The van der Waals surface area contributed by atoms with Gasteiger partial charge in [0.25, 0.3) is 5.91 Å². The standard InChI is InChI=1S/C26H34FN5O3/c1-4-13-32(26(35)28-19(2)3)18-24(33)29-20-9-11-21(12-10-20)30-14-16-31(17-15-30)25(34)22-7-5-6-8-23(22)27/h5-12,19H,4,13-18H2,1-3H3,(H,28,35)(H,29,33). The van der Waals surface area contributed by atoms with Crippen molar-refractivity contribution in [3.05, 3.63) is 59.9 Å². The first-order chi connectivity index (χ1) is 16.8. The van der Waals surface area contributed by atoms with Gasteiger partial charge in [0.1, 0.15) is 12.4 Å². The molecule has 0 radical (unpaired) electrons. The molecule has 0 aliphatic carbocycles. The Labute approximate surface area is 206 Å². The largest absolute Gasteiger partial charge is 0.368 e. The van der Waals surface area contributed by atoms with Crippen LogP contribution in [0.3, 0.4) is 0 Å². The van der Waals surface area contributed by atoms with Crippen molar-refractivity contribution in [1.82, 2.24) is 15.1 Å². The zero-order chi connectivity index (χ0) is 25.4. The second-order valence-electron chi connectivity index (χ2n) is 8.88. The van der Waals surface area contributed by atoms with Gasteiger partial charge in [-0.1, -0.05) is 19.1 Å². The summed E-state index contributed by atoms with van der Waals surface area (Å²) in [4.78, 5) is 42.8. The minimum atomic E-state index is -0.504. The van der Waals surface area contributed by atoms with Crippen LogP contribution in [0.5, 0.6) is 0 Å². The highest BCUT2D eigenvalue weighted by molar-refractivity contribution is 5.95. The molecule has 1 aliphatic heterocycles. The number of amides is 4. The first kappa shape index (κ1) is 26.0. The molecule has 0 spiro atoms. The molecular weight excluding hydrogens is 449 g/mol. The molecule has 1 saturated heterocycles. The maximum atomic E-state index is 14.0. The Balaban J connectivity index is 1.52. The number of halogens is 1. The van der Waals surface area contributed by atoms with Crippen molar-refractivity contribution in [1.29, 1.82) is 0 Å². The van der Waals surface area contributed by atoms with E-state index in [9.17, 15) is 18.8 Å². The number of anilines is 2. The fourth-order valence-electron chi connectivity index (χ4n) is 3.96. The van der Waals surface area contributed by atoms with Crippen molar-refractivity contribution in [3.63, 3.8) is 0 Å². The highest BCUT2D eigenvalue weighted by Crippen LogP contribution is 2.21. The van der Waals surface area contributed by atoms with Gasteiger partial charge in [0.05, 0.1) is 5.56 Å². The SMILES string of the molecule is CCCN(CC(=O)Nc1ccc(N2CCN(C(=O)c3ccccc3F)CC2)cc1)C(=O)NC(C)C. The van der Waals surface area contributed by atoms with E-state index in [2.05, 4.69) is 15.5 Å². The van der Waals surface area contributed by atoms with Crippen LogP contribution < -0.4 is 15.5 Å². The zero-order valence-corrected chi connectivity index (χ0v) is 20.6. The van der Waals surface area contributed by atoms with Crippen LogP contribution in [0.25, 0.3) is 0 Å². The van der Waals surface area contributed by atoms with Crippen LogP contribution in [0.1, 0.15) is 37.6 Å². The first-order valence-corrected chi connectivity index (χ1v) is 12.0. The van der Waals surface area contributed by atoms with Crippen molar-refractivity contribution in [2.45, 2.75) is 33.2 Å². The number of carbonyl (C=O) groups is 3. The summed E-state index contributed by atoms with van der Waals surface area (Å²) in [6.07, 6.45) is 0.757. The number of urea groups is 1. The van der Waals surface area contributed by atoms with Gasteiger partial charge in [-0.3, -0.25) is 9.59 Å². The quantitative estimate of drug-likeness (QED) is 0.601. The number of benzene rings is 2. The van der Waals surface area contributed by atoms with Crippen LogP contribution in [0, 0.1) is 5.82 Å². The Morgan fingerprint density at radius 3 is 2.26 bits per heavy atom. The van der Waals surface area contributed by atoms with Crippen LogP contribution in [0.4, 0.5) is 20.6 Å². The molecule has 188 valence electrons. The smallest absolute Gasteiger partial charge is 0.318 e. The molecule has 2 aromatic carbocycles. The second-order valence-corrected chi connectivity index (χ2v) is 8.88. The summed E-state index contributed by atoms with van der Waals surface area (Å²) < 4.78 is 14.0. The van der Waals surface area contributed by atoms with Crippen LogP contribution in [0.15, 0.2) is 48.5 Å². The molecule has 2 N–H and O–H groups in total. The summed E-state index contributed by atoms with van der Waals surface area (Å²) in [5.74, 6) is -1.05. The number of hydrogen-bond donors (Lipinski definition) is 2. The van der Waals surface area contributed by atoms with Crippen LogP contribution >= 0.6 is 0 Å². The summed E-state index contributed by atoms with van der Waals surface area (Å²) >= 11 is 0. The minimum absolute atomic E-state index is 0.00282. The van der Waals surface area contributed by atoms with Gasteiger partial charge >= 0.3 is 6.03 Å². The lowest BCUT2D eigenvalue weighted by atomic mass is 10.1. The zero-order valence-electron chi connectivity index (χ0n) is 20.6. The molecule has 9 heteroatoms. The second kappa shape index (κ2) is 12.2. The van der Waals surface area contributed by atoms with E-state index in [1.54, 1.807) is 17.0 Å². The number of nitrogens with one attached hydrogen (secondary N) is 2. The maximum absolute atomic E-state index is 14.0. The van der Waals surface area contributed by atoms with E-state index in [0.29, 0.717) is 38.4 Å². The van der Waals surface area contributed by atoms with Crippen LogP contribution in [0.2, 0.25) is 0 Å². The van der Waals surface area contributed by atoms with Gasteiger partial charge in [-0.2, -0.15) is 0 Å². The van der Waals surface area contributed by atoms with E-state index in [4.69, 9.17) is 0 Å². The van der Waals surface area contributed by atoms with Crippen molar-refractivity contribution in [2.24, 2.45) is 0 Å². The van der Waals surface area contributed by atoms with E-state index in [0.717, 1.165) is 12.1 Å². The molecule has 0 saturated carbocycles. The fraction of sp³-hybridized carbons (Fsp3) is 0.423. The Morgan fingerprint density at radius 2 is 1.66 bits per heavy atom. The molecule has 2 aromatic rings. The number of hydrogen-bond acceptors (Lipinski definition) is 4. The summed E-state index contributed by atoms with van der Waals surface area (Å²) in [6.45, 7) is 8.44. The number of rotatable bonds is 8. The molecule has 4 amide bonds. The van der Waals surface area contributed by atoms with Crippen LogP contribution in [-0.2, 0) is 4.79 Å². The van der Waals surface area contributed by atoms with E-state index in [-0.39, 0.29) is 36.0 Å². The monoisotopic (exact) mass is 483 g/mol. The van der Waals surface area contributed by atoms with Gasteiger partial charge < -0.3 is 25.3 Å². The number of carbonyl (C=O) groups excluding carboxylic acids is 3. The van der Waals surface area contributed by atoms with Gasteiger partial charge in [-0.25, -0.2) is 9.18 Å². The highest BCUT2D eigenvalue weighted by atomic mass is 19.1. The average molecular weight is 484 g/mol. The fourth-order valence-corrected chi connectivity index (χ4v) is 3.96. The molecule has 0 unspecified atom stereocenters. The molecule has 1 heterocycles. The third-order valence-electron chi connectivity index (χ3n) is 5.71. The van der Waals surface area contributed by atoms with E-state index < -0.39 is 5.82 Å². The first-order valence-electron chi connectivity index (χ1n) is 12.0. The predicted octanol–water partition coefficient (Wildman–Crippen LogP) is 3.56. The Morgan fingerprint density at radius 1 is 1.00 bits per heavy atom. The molecule has 8 nitrogen and oxygen atoms in total. The van der Waals surface area contributed by atoms with E-state index in [1.807, 2.05) is 45.0 Å².